The van der Waals surface area contributed by atoms with Crippen LogP contribution < -0.4 is 11.2 Å². The number of hydrogen-bond acceptors (Lipinski definition) is 3. The number of H-pyrrole nitrogens is 1. The van der Waals surface area contributed by atoms with Crippen LogP contribution in [0.4, 0.5) is 0 Å². The minimum atomic E-state index is -0.490. The predicted octanol–water partition coefficient (Wildman–Crippen LogP) is 0.740. The van der Waals surface area contributed by atoms with Gasteiger partial charge in [-0.25, -0.2) is 9.48 Å². The Hall–Kier alpha value is -0.910. The molecule has 1 N–H and O–H groups in total. The second kappa shape index (κ2) is 4.54. The Morgan fingerprint density at radius 1 is 1.50 bits per heavy atom. The molecule has 14 heavy (non-hydrogen) atoms. The number of halogens is 1. The molecule has 78 valence electrons. The third kappa shape index (κ3) is 2.80. The average molecular weight is 262 g/mol. The molecule has 0 amide bonds. The Bertz CT molecular complexity index is 421. The fourth-order valence-electron chi connectivity index (χ4n) is 0.942. The number of hydrogen-bond donors (Lipinski definition) is 1. The summed E-state index contributed by atoms with van der Waals surface area (Å²) in [6.45, 7) is 4.64. The predicted molar refractivity (Wildman–Crippen MR) is 56.3 cm³/mol. The smallest absolute Gasteiger partial charge is 0.270 e. The summed E-state index contributed by atoms with van der Waals surface area (Å²) in [7, 11) is 0. The van der Waals surface area contributed by atoms with Crippen LogP contribution in [0.1, 0.15) is 20.3 Å². The Kier molecular flexibility index (Phi) is 3.62. The Labute approximate surface area is 89.3 Å². The van der Waals surface area contributed by atoms with Crippen molar-refractivity contribution in [3.05, 3.63) is 25.4 Å². The van der Waals surface area contributed by atoms with E-state index in [0.29, 0.717) is 12.5 Å². The van der Waals surface area contributed by atoms with Crippen molar-refractivity contribution in [3.63, 3.8) is 0 Å². The third-order valence-corrected chi connectivity index (χ3v) is 2.29. The van der Waals surface area contributed by atoms with Crippen LogP contribution in [0.15, 0.2) is 14.2 Å². The zero-order chi connectivity index (χ0) is 10.7. The van der Waals surface area contributed by atoms with E-state index in [1.807, 2.05) is 0 Å². The standard InChI is InChI=1S/C8H12BrN3O2/c1-5(2)3-4-12-8(14)10-7(13)6(9)11-12/h5H,3-4H2,1-2H3,(H,10,13,14). The summed E-state index contributed by atoms with van der Waals surface area (Å²) in [6, 6.07) is 0. The quantitative estimate of drug-likeness (QED) is 0.873. The second-order valence-corrected chi connectivity index (χ2v) is 4.21. The van der Waals surface area contributed by atoms with Gasteiger partial charge in [0.1, 0.15) is 0 Å². The van der Waals surface area contributed by atoms with Crippen LogP contribution in [-0.2, 0) is 6.54 Å². The van der Waals surface area contributed by atoms with Crippen LogP contribution in [-0.4, -0.2) is 14.8 Å². The Morgan fingerprint density at radius 3 is 2.71 bits per heavy atom. The molecule has 0 aliphatic rings. The van der Waals surface area contributed by atoms with Crippen LogP contribution in [0.2, 0.25) is 0 Å². The molecule has 1 aromatic rings. The van der Waals surface area contributed by atoms with E-state index in [1.165, 1.54) is 4.68 Å². The van der Waals surface area contributed by atoms with E-state index < -0.39 is 11.2 Å². The van der Waals surface area contributed by atoms with Crippen LogP contribution in [0.5, 0.6) is 0 Å². The van der Waals surface area contributed by atoms with Gasteiger partial charge in [-0.15, -0.1) is 0 Å². The topological polar surface area (TPSA) is 67.8 Å². The molecular weight excluding hydrogens is 250 g/mol. The SMILES string of the molecule is CC(C)CCn1nc(Br)c(=O)[nH]c1=O. The monoisotopic (exact) mass is 261 g/mol. The number of nitrogens with zero attached hydrogens (tertiary/aromatic N) is 2. The zero-order valence-corrected chi connectivity index (χ0v) is 9.67. The van der Waals surface area contributed by atoms with Crippen molar-refractivity contribution in [1.29, 1.82) is 0 Å². The van der Waals surface area contributed by atoms with Gasteiger partial charge in [-0.05, 0) is 28.3 Å². The molecule has 0 saturated heterocycles. The average Bonchev–Trinajstić information content (AvgIpc) is 2.09. The summed E-state index contributed by atoms with van der Waals surface area (Å²) >= 11 is 2.97. The molecule has 6 heteroatoms. The van der Waals surface area contributed by atoms with Crippen molar-refractivity contribution < 1.29 is 0 Å². The lowest BCUT2D eigenvalue weighted by atomic mass is 10.1. The first-order chi connectivity index (χ1) is 6.50. The Balaban J connectivity index is 2.93. The number of nitrogens with one attached hydrogen (secondary N) is 1. The fraction of sp³-hybridized carbons (Fsp3) is 0.625. The first-order valence-corrected chi connectivity index (χ1v) is 5.17. The summed E-state index contributed by atoms with van der Waals surface area (Å²) in [5.41, 5.74) is -0.949. The van der Waals surface area contributed by atoms with Crippen molar-refractivity contribution >= 4 is 15.9 Å². The lowest BCUT2D eigenvalue weighted by Crippen LogP contribution is -2.33. The summed E-state index contributed by atoms with van der Waals surface area (Å²) < 4.78 is 1.40. The third-order valence-electron chi connectivity index (χ3n) is 1.77. The fourth-order valence-corrected chi connectivity index (χ4v) is 1.23. The van der Waals surface area contributed by atoms with Crippen molar-refractivity contribution in [2.24, 2.45) is 5.92 Å². The minimum absolute atomic E-state index is 0.140. The van der Waals surface area contributed by atoms with E-state index >= 15 is 0 Å². The van der Waals surface area contributed by atoms with Gasteiger partial charge >= 0.3 is 5.69 Å². The number of aryl methyl sites for hydroxylation is 1. The minimum Gasteiger partial charge on any atom is -0.270 e. The molecular formula is C8H12BrN3O2. The van der Waals surface area contributed by atoms with Gasteiger partial charge in [-0.2, -0.15) is 5.10 Å². The maximum Gasteiger partial charge on any atom is 0.344 e. The molecule has 0 radical (unpaired) electrons. The second-order valence-electron chi connectivity index (χ2n) is 3.46. The molecule has 0 fully saturated rings. The van der Waals surface area contributed by atoms with Crippen molar-refractivity contribution in [1.82, 2.24) is 14.8 Å². The molecule has 0 aliphatic carbocycles. The van der Waals surface area contributed by atoms with E-state index in [4.69, 9.17) is 0 Å². The lowest BCUT2D eigenvalue weighted by molar-refractivity contribution is 0.459. The summed E-state index contributed by atoms with van der Waals surface area (Å²) in [5, 5.41) is 3.82. The molecule has 5 nitrogen and oxygen atoms in total. The molecule has 0 unspecified atom stereocenters. The zero-order valence-electron chi connectivity index (χ0n) is 8.08. The van der Waals surface area contributed by atoms with Gasteiger partial charge < -0.3 is 0 Å². The molecule has 0 saturated carbocycles. The van der Waals surface area contributed by atoms with E-state index in [-0.39, 0.29) is 4.60 Å². The largest absolute Gasteiger partial charge is 0.344 e. The van der Waals surface area contributed by atoms with E-state index in [1.54, 1.807) is 0 Å². The molecule has 0 aliphatic heterocycles. The maximum absolute atomic E-state index is 11.2. The lowest BCUT2D eigenvalue weighted by Gasteiger charge is -2.05. The summed E-state index contributed by atoms with van der Waals surface area (Å²) in [6.07, 6.45) is 0.853. The van der Waals surface area contributed by atoms with Gasteiger partial charge in [-0.3, -0.25) is 9.78 Å². The maximum atomic E-state index is 11.2. The van der Waals surface area contributed by atoms with E-state index in [2.05, 4.69) is 39.9 Å². The van der Waals surface area contributed by atoms with Gasteiger partial charge in [0, 0.05) is 6.54 Å². The number of aromatic amines is 1. The van der Waals surface area contributed by atoms with Crippen LogP contribution in [0, 0.1) is 5.92 Å². The van der Waals surface area contributed by atoms with Crippen LogP contribution in [0.3, 0.4) is 0 Å². The van der Waals surface area contributed by atoms with Gasteiger partial charge in [0.2, 0.25) is 0 Å². The number of rotatable bonds is 3. The molecule has 1 rings (SSSR count). The molecule has 1 aromatic heterocycles. The highest BCUT2D eigenvalue weighted by Crippen LogP contribution is 2.00. The summed E-state index contributed by atoms with van der Waals surface area (Å²) in [4.78, 5) is 24.4. The molecule has 0 atom stereocenters. The van der Waals surface area contributed by atoms with E-state index in [0.717, 1.165) is 6.42 Å². The first kappa shape index (κ1) is 11.2. The number of aromatic nitrogens is 3. The molecule has 0 spiro atoms. The molecule has 1 heterocycles. The van der Waals surface area contributed by atoms with Crippen molar-refractivity contribution in [2.45, 2.75) is 26.8 Å². The Morgan fingerprint density at radius 2 is 2.14 bits per heavy atom. The molecule has 0 aromatic carbocycles. The highest BCUT2D eigenvalue weighted by atomic mass is 79.9. The molecule has 0 bridgehead atoms. The van der Waals surface area contributed by atoms with Crippen LogP contribution >= 0.6 is 15.9 Å². The highest BCUT2D eigenvalue weighted by Gasteiger charge is 2.03. The highest BCUT2D eigenvalue weighted by molar-refractivity contribution is 9.10. The van der Waals surface area contributed by atoms with E-state index in [9.17, 15) is 9.59 Å². The normalized spacial score (nSPS) is 10.9. The van der Waals surface area contributed by atoms with Crippen LogP contribution in [0.25, 0.3) is 0 Å². The first-order valence-electron chi connectivity index (χ1n) is 4.37. The van der Waals surface area contributed by atoms with Crippen molar-refractivity contribution in [3.8, 4) is 0 Å². The van der Waals surface area contributed by atoms with Gasteiger partial charge in [0.05, 0.1) is 0 Å². The summed E-state index contributed by atoms with van der Waals surface area (Å²) in [5.74, 6) is 0.495. The van der Waals surface area contributed by atoms with Gasteiger partial charge in [0.25, 0.3) is 5.56 Å². The van der Waals surface area contributed by atoms with Crippen molar-refractivity contribution in [2.75, 3.05) is 0 Å². The van der Waals surface area contributed by atoms with Gasteiger partial charge in [-0.1, -0.05) is 13.8 Å². The van der Waals surface area contributed by atoms with Gasteiger partial charge in [0.15, 0.2) is 4.60 Å².